The molecule has 0 aliphatic carbocycles. The highest BCUT2D eigenvalue weighted by atomic mass is 16.5. The molecule has 0 bridgehead atoms. The molecule has 0 amide bonds. The number of ether oxygens (including phenoxy) is 1. The number of anilines is 1. The summed E-state index contributed by atoms with van der Waals surface area (Å²) in [6.07, 6.45) is 0.0223. The van der Waals surface area contributed by atoms with Gasteiger partial charge in [-0.05, 0) is 29.7 Å². The Kier molecular flexibility index (Phi) is 6.60. The van der Waals surface area contributed by atoms with Gasteiger partial charge < -0.3 is 19.7 Å². The molecule has 2 aromatic carbocycles. The van der Waals surface area contributed by atoms with Crippen LogP contribution in [-0.4, -0.2) is 36.9 Å². The van der Waals surface area contributed by atoms with Gasteiger partial charge >= 0.3 is 5.69 Å². The maximum Gasteiger partial charge on any atom is 0.329 e. The first-order valence-electron chi connectivity index (χ1n) is 10.8. The van der Waals surface area contributed by atoms with Crippen molar-refractivity contribution < 1.29 is 9.84 Å². The summed E-state index contributed by atoms with van der Waals surface area (Å²) in [5.74, 6) is 1.04. The molecule has 0 aliphatic rings. The van der Waals surface area contributed by atoms with Crippen molar-refractivity contribution in [1.29, 1.82) is 0 Å². The fourth-order valence-corrected chi connectivity index (χ4v) is 3.60. The Morgan fingerprint density at radius 3 is 2.52 bits per heavy atom. The molecule has 4 aromatic rings. The van der Waals surface area contributed by atoms with E-state index in [1.165, 1.54) is 10.1 Å². The predicted octanol–water partition coefficient (Wildman–Crippen LogP) is 2.04. The molecule has 0 spiro atoms. The van der Waals surface area contributed by atoms with E-state index in [4.69, 9.17) is 4.74 Å². The Bertz CT molecular complexity index is 1340. The number of H-pyrrole nitrogens is 1. The van der Waals surface area contributed by atoms with Crippen LogP contribution in [0, 0.1) is 0 Å². The first kappa shape index (κ1) is 22.3. The smallest absolute Gasteiger partial charge is 0.329 e. The van der Waals surface area contributed by atoms with Crippen molar-refractivity contribution in [1.82, 2.24) is 19.1 Å². The predicted molar refractivity (Wildman–Crippen MR) is 127 cm³/mol. The summed E-state index contributed by atoms with van der Waals surface area (Å²) in [6, 6.07) is 17.4. The normalized spacial score (nSPS) is 12.1. The summed E-state index contributed by atoms with van der Waals surface area (Å²) in [5.41, 5.74) is 1.56. The first-order chi connectivity index (χ1) is 16.0. The molecule has 0 aliphatic heterocycles. The van der Waals surface area contributed by atoms with Gasteiger partial charge in [0.15, 0.2) is 11.2 Å². The second-order valence-electron chi connectivity index (χ2n) is 7.84. The van der Waals surface area contributed by atoms with Crippen molar-refractivity contribution in [2.45, 2.75) is 32.5 Å². The Morgan fingerprint density at radius 1 is 1.09 bits per heavy atom. The number of aliphatic hydroxyl groups is 1. The molecule has 1 atom stereocenters. The van der Waals surface area contributed by atoms with Crippen LogP contribution in [0.1, 0.15) is 18.1 Å². The van der Waals surface area contributed by atoms with Crippen LogP contribution in [0.5, 0.6) is 5.75 Å². The largest absolute Gasteiger partial charge is 0.491 e. The number of rotatable bonds is 9. The quantitative estimate of drug-likeness (QED) is 0.360. The van der Waals surface area contributed by atoms with Crippen molar-refractivity contribution in [2.75, 3.05) is 11.9 Å². The molecule has 9 nitrogen and oxygen atoms in total. The van der Waals surface area contributed by atoms with Gasteiger partial charge in [-0.15, -0.1) is 0 Å². The first-order valence-corrected chi connectivity index (χ1v) is 10.8. The third-order valence-electron chi connectivity index (χ3n) is 5.47. The number of hydrogen-bond acceptors (Lipinski definition) is 6. The van der Waals surface area contributed by atoms with E-state index in [0.29, 0.717) is 18.2 Å². The monoisotopic (exact) mass is 449 g/mol. The number of aryl methyl sites for hydroxylation is 2. The molecule has 3 N–H and O–H groups in total. The summed E-state index contributed by atoms with van der Waals surface area (Å²) in [7, 11) is 1.54. The molecule has 9 heteroatoms. The van der Waals surface area contributed by atoms with Gasteiger partial charge in [-0.25, -0.2) is 4.79 Å². The van der Waals surface area contributed by atoms with Gasteiger partial charge in [0, 0.05) is 13.6 Å². The van der Waals surface area contributed by atoms with Crippen LogP contribution < -0.4 is 21.3 Å². The fraction of sp³-hybridized carbons (Fsp3) is 0.292. The molecule has 2 aromatic heterocycles. The third kappa shape index (κ3) is 4.98. The Labute approximate surface area is 190 Å². The molecule has 33 heavy (non-hydrogen) atoms. The van der Waals surface area contributed by atoms with Gasteiger partial charge in [0.05, 0.1) is 6.54 Å². The summed E-state index contributed by atoms with van der Waals surface area (Å²) in [5, 5.41) is 13.9. The van der Waals surface area contributed by atoms with Crippen LogP contribution in [0.15, 0.2) is 64.2 Å². The molecule has 0 saturated heterocycles. The van der Waals surface area contributed by atoms with Gasteiger partial charge in [-0.1, -0.05) is 49.4 Å². The van der Waals surface area contributed by atoms with Gasteiger partial charge in [0.25, 0.3) is 5.56 Å². The van der Waals surface area contributed by atoms with Crippen LogP contribution >= 0.6 is 0 Å². The molecule has 2 heterocycles. The fourth-order valence-electron chi connectivity index (χ4n) is 3.60. The molecule has 172 valence electrons. The van der Waals surface area contributed by atoms with E-state index in [0.717, 1.165) is 12.0 Å². The molecule has 0 unspecified atom stereocenters. The summed E-state index contributed by atoms with van der Waals surface area (Å²) in [4.78, 5) is 31.4. The lowest BCUT2D eigenvalue weighted by Gasteiger charge is -2.16. The van der Waals surface area contributed by atoms with Gasteiger partial charge in [-0.3, -0.25) is 14.3 Å². The topological polar surface area (TPSA) is 114 Å². The van der Waals surface area contributed by atoms with Crippen LogP contribution in [0.4, 0.5) is 5.95 Å². The lowest BCUT2D eigenvalue weighted by atomic mass is 10.2. The third-order valence-corrected chi connectivity index (χ3v) is 5.47. The number of nitrogens with one attached hydrogen (secondary N) is 2. The highest BCUT2D eigenvalue weighted by Crippen LogP contribution is 2.18. The van der Waals surface area contributed by atoms with Crippen LogP contribution in [0.25, 0.3) is 11.2 Å². The second kappa shape index (κ2) is 9.74. The van der Waals surface area contributed by atoms with E-state index in [9.17, 15) is 14.7 Å². The minimum absolute atomic E-state index is 0.0347. The van der Waals surface area contributed by atoms with Gasteiger partial charge in [0.1, 0.15) is 18.5 Å². The summed E-state index contributed by atoms with van der Waals surface area (Å²) < 4.78 is 8.59. The van der Waals surface area contributed by atoms with Crippen molar-refractivity contribution in [3.8, 4) is 5.75 Å². The van der Waals surface area contributed by atoms with Gasteiger partial charge in [-0.2, -0.15) is 4.98 Å². The Morgan fingerprint density at radius 2 is 1.82 bits per heavy atom. The number of imidazole rings is 1. The van der Waals surface area contributed by atoms with Crippen LogP contribution in [0.3, 0.4) is 0 Å². The average molecular weight is 450 g/mol. The lowest BCUT2D eigenvalue weighted by Crippen LogP contribution is -2.31. The number of aromatic nitrogens is 4. The van der Waals surface area contributed by atoms with Crippen LogP contribution in [0.2, 0.25) is 0 Å². The van der Waals surface area contributed by atoms with Gasteiger partial charge in [0.2, 0.25) is 5.95 Å². The van der Waals surface area contributed by atoms with Crippen molar-refractivity contribution >= 4 is 17.1 Å². The maximum absolute atomic E-state index is 12.6. The van der Waals surface area contributed by atoms with Crippen LogP contribution in [-0.2, 0) is 26.6 Å². The number of hydrogen-bond donors (Lipinski definition) is 3. The number of aromatic amines is 1. The average Bonchev–Trinajstić information content (AvgIpc) is 3.19. The summed E-state index contributed by atoms with van der Waals surface area (Å²) in [6.45, 7) is 2.64. The molecule has 4 rings (SSSR count). The molecule has 0 fully saturated rings. The number of aliphatic hydroxyl groups excluding tert-OH is 1. The summed E-state index contributed by atoms with van der Waals surface area (Å²) >= 11 is 0. The van der Waals surface area contributed by atoms with E-state index in [-0.39, 0.29) is 24.3 Å². The Balaban J connectivity index is 1.58. The highest BCUT2D eigenvalue weighted by Gasteiger charge is 2.20. The lowest BCUT2D eigenvalue weighted by molar-refractivity contribution is 0.0938. The zero-order valence-corrected chi connectivity index (χ0v) is 18.6. The zero-order chi connectivity index (χ0) is 23.4. The van der Waals surface area contributed by atoms with Crippen molar-refractivity contribution in [3.05, 3.63) is 86.6 Å². The molecular formula is C24H27N5O4. The molecule has 0 radical (unpaired) electrons. The Hall–Kier alpha value is -3.85. The second-order valence-corrected chi connectivity index (χ2v) is 7.84. The maximum atomic E-state index is 12.6. The standard InChI is InChI=1S/C24H27N5O4/c1-3-16-9-11-19(12-10-16)33-15-18(30)14-29-20-21(28(2)24(32)27-22(20)31)26-23(29)25-13-17-7-5-4-6-8-17/h4-12,18,30H,3,13-15H2,1-2H3,(H,25,26)(H,27,31,32)/t18-/m1/s1. The van der Waals surface area contributed by atoms with E-state index in [2.05, 4.69) is 22.2 Å². The van der Waals surface area contributed by atoms with E-state index in [1.807, 2.05) is 54.6 Å². The highest BCUT2D eigenvalue weighted by molar-refractivity contribution is 5.74. The van der Waals surface area contributed by atoms with Crippen molar-refractivity contribution in [3.63, 3.8) is 0 Å². The van der Waals surface area contributed by atoms with E-state index in [1.54, 1.807) is 11.6 Å². The van der Waals surface area contributed by atoms with E-state index >= 15 is 0 Å². The minimum Gasteiger partial charge on any atom is -0.491 e. The number of fused-ring (bicyclic) bond motifs is 1. The SMILES string of the molecule is CCc1ccc(OC[C@H](O)Cn2c(NCc3ccccc3)nc3c2c(=O)[nH]c(=O)n3C)cc1. The van der Waals surface area contributed by atoms with Crippen molar-refractivity contribution in [2.24, 2.45) is 7.05 Å². The number of nitrogens with zero attached hydrogens (tertiary/aromatic N) is 3. The number of benzene rings is 2. The molecular weight excluding hydrogens is 422 g/mol. The molecule has 0 saturated carbocycles. The minimum atomic E-state index is -0.915. The van der Waals surface area contributed by atoms with E-state index < -0.39 is 17.4 Å². The zero-order valence-electron chi connectivity index (χ0n) is 18.6.